The van der Waals surface area contributed by atoms with Gasteiger partial charge in [-0.05, 0) is 6.92 Å². The summed E-state index contributed by atoms with van der Waals surface area (Å²) < 4.78 is 0. The Morgan fingerprint density at radius 1 is 1.44 bits per heavy atom. The molecule has 0 bridgehead atoms. The third kappa shape index (κ3) is 5070. The molecule has 9 heavy (non-hydrogen) atoms. The van der Waals surface area contributed by atoms with Crippen molar-refractivity contribution in [3.63, 3.8) is 0 Å². The molecule has 0 aliphatic rings. The van der Waals surface area contributed by atoms with Crippen LogP contribution in [0.25, 0.3) is 0 Å². The molecule has 0 N–H and O–H groups in total. The SMILES string of the molecule is CC(=O)[O-].O=[N+]([O-])[O-].[Y]. The van der Waals surface area contributed by atoms with Crippen molar-refractivity contribution in [3.8, 4) is 0 Å². The van der Waals surface area contributed by atoms with Crippen molar-refractivity contribution in [1.29, 1.82) is 0 Å². The number of nitrogens with zero attached hydrogens (tertiary/aromatic N) is 1. The maximum Gasteiger partial charge on any atom is 0.0689 e. The first-order valence-corrected chi connectivity index (χ1v) is 1.46. The van der Waals surface area contributed by atoms with Crippen LogP contribution in [0.3, 0.4) is 0 Å². The summed E-state index contributed by atoms with van der Waals surface area (Å²) in [5, 5.41) is 23.6. The third-order valence-electron chi connectivity index (χ3n) is 0. The van der Waals surface area contributed by atoms with Crippen LogP contribution in [0.1, 0.15) is 6.92 Å². The van der Waals surface area contributed by atoms with E-state index in [4.69, 9.17) is 25.2 Å². The zero-order chi connectivity index (χ0) is 7.15. The number of carboxylic acid groups (broad SMARTS) is 1. The minimum Gasteiger partial charge on any atom is -0.550 e. The second-order valence-electron chi connectivity index (χ2n) is 0.715. The molecule has 51 valence electrons. The van der Waals surface area contributed by atoms with Crippen molar-refractivity contribution < 1.29 is 47.7 Å². The fourth-order valence-corrected chi connectivity index (χ4v) is 0. The van der Waals surface area contributed by atoms with Crippen LogP contribution in [0.2, 0.25) is 0 Å². The summed E-state index contributed by atoms with van der Waals surface area (Å²) in [4.78, 5) is 17.1. The molecule has 0 amide bonds. The summed E-state index contributed by atoms with van der Waals surface area (Å²) in [6.07, 6.45) is 0. The van der Waals surface area contributed by atoms with E-state index in [1.807, 2.05) is 0 Å². The molecular weight excluding hydrogens is 207 g/mol. The van der Waals surface area contributed by atoms with Crippen molar-refractivity contribution in [2.75, 3.05) is 0 Å². The van der Waals surface area contributed by atoms with Crippen LogP contribution in [0, 0.1) is 15.3 Å². The molecule has 0 aliphatic carbocycles. The summed E-state index contributed by atoms with van der Waals surface area (Å²) in [6, 6.07) is 0. The summed E-state index contributed by atoms with van der Waals surface area (Å²) in [5.41, 5.74) is 0. The van der Waals surface area contributed by atoms with Crippen LogP contribution in [-0.2, 0) is 37.5 Å². The molecule has 0 heterocycles. The molecule has 6 nitrogen and oxygen atoms in total. The topological polar surface area (TPSA) is 106 Å². The second-order valence-corrected chi connectivity index (χ2v) is 0.715. The van der Waals surface area contributed by atoms with Crippen molar-refractivity contribution in [3.05, 3.63) is 15.3 Å². The quantitative estimate of drug-likeness (QED) is 0.357. The molecule has 0 atom stereocenters. The van der Waals surface area contributed by atoms with Crippen LogP contribution in [0.4, 0.5) is 0 Å². The Morgan fingerprint density at radius 2 is 1.44 bits per heavy atom. The largest absolute Gasteiger partial charge is 0.550 e. The van der Waals surface area contributed by atoms with Crippen LogP contribution in [-0.4, -0.2) is 11.1 Å². The molecule has 7 heteroatoms. The van der Waals surface area contributed by atoms with Crippen LogP contribution >= 0.6 is 0 Å². The molecule has 0 unspecified atom stereocenters. The van der Waals surface area contributed by atoms with Gasteiger partial charge in [-0.25, -0.2) is 0 Å². The number of hydrogen-bond acceptors (Lipinski definition) is 5. The number of rotatable bonds is 0. The van der Waals surface area contributed by atoms with E-state index >= 15 is 0 Å². The van der Waals surface area contributed by atoms with Gasteiger partial charge in [-0.3, -0.25) is 0 Å². The molecule has 0 saturated carbocycles. The predicted octanol–water partition coefficient (Wildman–Crippen LogP) is -1.49. The van der Waals surface area contributed by atoms with E-state index in [1.165, 1.54) is 0 Å². The van der Waals surface area contributed by atoms with E-state index in [2.05, 4.69) is 0 Å². The molecule has 0 aromatic rings. The van der Waals surface area contributed by atoms with E-state index in [-0.39, 0.29) is 32.7 Å². The van der Waals surface area contributed by atoms with Gasteiger partial charge in [0.1, 0.15) is 0 Å². The van der Waals surface area contributed by atoms with Gasteiger partial charge in [0.15, 0.2) is 0 Å². The summed E-state index contributed by atoms with van der Waals surface area (Å²) in [5.74, 6) is -1.08. The monoisotopic (exact) mass is 210 g/mol. The Morgan fingerprint density at radius 3 is 1.44 bits per heavy atom. The Hall–Kier alpha value is -0.226. The van der Waals surface area contributed by atoms with E-state index in [0.717, 1.165) is 6.92 Å². The van der Waals surface area contributed by atoms with Crippen LogP contribution in [0.15, 0.2) is 0 Å². The van der Waals surface area contributed by atoms with Gasteiger partial charge in [-0.15, -0.1) is 0 Å². The molecular formula is C2H3NO5Y-2. The van der Waals surface area contributed by atoms with Gasteiger partial charge >= 0.3 is 0 Å². The third-order valence-corrected chi connectivity index (χ3v) is 0. The summed E-state index contributed by atoms with van der Waals surface area (Å²) in [7, 11) is 0. The zero-order valence-corrected chi connectivity index (χ0v) is 7.40. The van der Waals surface area contributed by atoms with Gasteiger partial charge < -0.3 is 25.2 Å². The number of aliphatic carboxylic acids is 1. The first kappa shape index (κ1) is 15.9. The summed E-state index contributed by atoms with van der Waals surface area (Å²) in [6.45, 7) is 0.972. The molecule has 0 rings (SSSR count). The van der Waals surface area contributed by atoms with E-state index in [0.29, 0.717) is 0 Å². The average Bonchev–Trinajstić information content (AvgIpc) is 1.25. The van der Waals surface area contributed by atoms with Gasteiger partial charge in [0.25, 0.3) is 0 Å². The van der Waals surface area contributed by atoms with Crippen molar-refractivity contribution >= 4 is 5.97 Å². The molecule has 1 radical (unpaired) electrons. The van der Waals surface area contributed by atoms with E-state index in [1.54, 1.807) is 0 Å². The maximum atomic E-state index is 8.89. The molecule has 0 saturated heterocycles. The Bertz CT molecular complexity index is 73.0. The molecule has 0 aromatic heterocycles. The first-order chi connectivity index (χ1) is 3.46. The second kappa shape index (κ2) is 10.7. The molecule has 0 aliphatic heterocycles. The standard InChI is InChI=1S/C2H4O2.NO3.Y/c1-2(3)4;2-1(3)4;/h1H3,(H,3,4);;/q;-1;/p-1. The minimum absolute atomic E-state index is 0. The Balaban J connectivity index is -0.0000000720. The predicted molar refractivity (Wildman–Crippen MR) is 21.0 cm³/mol. The van der Waals surface area contributed by atoms with Crippen molar-refractivity contribution in [2.45, 2.75) is 6.92 Å². The zero-order valence-electron chi connectivity index (χ0n) is 4.57. The minimum atomic E-state index is -1.75. The van der Waals surface area contributed by atoms with Crippen molar-refractivity contribution in [2.24, 2.45) is 0 Å². The first-order valence-electron chi connectivity index (χ1n) is 1.46. The molecule has 0 fully saturated rings. The molecule has 0 spiro atoms. The van der Waals surface area contributed by atoms with Gasteiger partial charge in [0.2, 0.25) is 0 Å². The maximum absolute atomic E-state index is 8.89. The van der Waals surface area contributed by atoms with Crippen LogP contribution < -0.4 is 5.11 Å². The number of carbonyl (C=O) groups is 1. The fourth-order valence-electron chi connectivity index (χ4n) is 0. The smallest absolute Gasteiger partial charge is 0.0689 e. The van der Waals surface area contributed by atoms with Crippen LogP contribution in [0.5, 0.6) is 0 Å². The molecule has 0 aromatic carbocycles. The van der Waals surface area contributed by atoms with Gasteiger partial charge in [0, 0.05) is 38.7 Å². The van der Waals surface area contributed by atoms with Gasteiger partial charge in [-0.2, -0.15) is 0 Å². The Kier molecular flexibility index (Phi) is 18.9. The average molecular weight is 210 g/mol. The van der Waals surface area contributed by atoms with E-state index in [9.17, 15) is 0 Å². The van der Waals surface area contributed by atoms with E-state index < -0.39 is 11.1 Å². The van der Waals surface area contributed by atoms with Crippen molar-refractivity contribution in [1.82, 2.24) is 0 Å². The normalized spacial score (nSPS) is 5.44. The number of carboxylic acids is 1. The summed E-state index contributed by atoms with van der Waals surface area (Å²) >= 11 is 0. The van der Waals surface area contributed by atoms with Gasteiger partial charge in [0.05, 0.1) is 5.09 Å². The van der Waals surface area contributed by atoms with Gasteiger partial charge in [-0.1, -0.05) is 0 Å². The number of carbonyl (C=O) groups excluding carboxylic acids is 1. The Labute approximate surface area is 75.9 Å². The fraction of sp³-hybridized carbons (Fsp3) is 0.500. The number of hydrogen-bond donors (Lipinski definition) is 0.